The first kappa shape index (κ1) is 13.3. The van der Waals surface area contributed by atoms with Gasteiger partial charge in [-0.2, -0.15) is 0 Å². The van der Waals surface area contributed by atoms with Gasteiger partial charge in [0.2, 0.25) is 10.0 Å². The molecule has 0 aromatic heterocycles. The van der Waals surface area contributed by atoms with E-state index in [1.807, 2.05) is 0 Å². The Morgan fingerprint density at radius 2 is 2.21 bits per heavy atom. The molecule has 0 heterocycles. The second-order valence-electron chi connectivity index (χ2n) is 2.81. The summed E-state index contributed by atoms with van der Waals surface area (Å²) in [5.74, 6) is -0.316. The zero-order valence-electron chi connectivity index (χ0n) is 8.41. The minimum Gasteiger partial charge on any atom is -0.386 e. The van der Waals surface area contributed by atoms with E-state index < -0.39 is 16.1 Å². The van der Waals surface area contributed by atoms with Crippen molar-refractivity contribution in [1.29, 1.82) is 5.41 Å². The third-order valence-electron chi connectivity index (χ3n) is 1.52. The maximum atomic E-state index is 11.3. The van der Waals surface area contributed by atoms with Crippen molar-refractivity contribution in [3.8, 4) is 0 Å². The first-order valence-electron chi connectivity index (χ1n) is 4.30. The van der Waals surface area contributed by atoms with Crippen LogP contribution in [0.25, 0.3) is 0 Å². The van der Waals surface area contributed by atoms with E-state index in [9.17, 15) is 8.42 Å². The van der Waals surface area contributed by atoms with Gasteiger partial charge in [-0.3, -0.25) is 5.41 Å². The van der Waals surface area contributed by atoms with Crippen LogP contribution in [0.1, 0.15) is 13.8 Å². The SMILES string of the molecule is CCOCCS(=O)(=O)NC(C)C(=N)N. The topological polar surface area (TPSA) is 105 Å². The maximum Gasteiger partial charge on any atom is 0.214 e. The van der Waals surface area contributed by atoms with E-state index in [1.165, 1.54) is 6.92 Å². The summed E-state index contributed by atoms with van der Waals surface area (Å²) in [6, 6.07) is -0.665. The van der Waals surface area contributed by atoms with Gasteiger partial charge in [-0.05, 0) is 13.8 Å². The first-order valence-corrected chi connectivity index (χ1v) is 5.96. The predicted octanol–water partition coefficient (Wildman–Crippen LogP) is -0.733. The Kier molecular flexibility index (Phi) is 5.66. The average molecular weight is 223 g/mol. The van der Waals surface area contributed by atoms with E-state index in [2.05, 4.69) is 4.72 Å². The van der Waals surface area contributed by atoms with Gasteiger partial charge in [-0.25, -0.2) is 13.1 Å². The highest BCUT2D eigenvalue weighted by Gasteiger charge is 2.15. The lowest BCUT2D eigenvalue weighted by Gasteiger charge is -2.12. The van der Waals surface area contributed by atoms with Gasteiger partial charge in [-0.1, -0.05) is 0 Å². The van der Waals surface area contributed by atoms with Crippen LogP contribution in [0.4, 0.5) is 0 Å². The molecule has 0 spiro atoms. The van der Waals surface area contributed by atoms with Crippen molar-refractivity contribution in [2.45, 2.75) is 19.9 Å². The van der Waals surface area contributed by atoms with Crippen LogP contribution >= 0.6 is 0 Å². The predicted molar refractivity (Wildman–Crippen MR) is 54.8 cm³/mol. The van der Waals surface area contributed by atoms with Crippen LogP contribution in [0.2, 0.25) is 0 Å². The van der Waals surface area contributed by atoms with E-state index in [0.29, 0.717) is 6.61 Å². The molecule has 0 aromatic rings. The molecule has 7 heteroatoms. The summed E-state index contributed by atoms with van der Waals surface area (Å²) in [5.41, 5.74) is 5.12. The zero-order valence-corrected chi connectivity index (χ0v) is 9.23. The molecule has 0 aliphatic heterocycles. The molecule has 0 saturated carbocycles. The second kappa shape index (κ2) is 5.94. The smallest absolute Gasteiger partial charge is 0.214 e. The number of amidine groups is 1. The molecule has 0 aliphatic rings. The molecule has 0 amide bonds. The molecular formula is C7H17N3O3S. The number of nitrogens with two attached hydrogens (primary N) is 1. The van der Waals surface area contributed by atoms with Crippen molar-refractivity contribution in [2.75, 3.05) is 19.0 Å². The summed E-state index contributed by atoms with van der Waals surface area (Å²) >= 11 is 0. The molecule has 0 aliphatic carbocycles. The van der Waals surface area contributed by atoms with Gasteiger partial charge in [0.25, 0.3) is 0 Å². The summed E-state index contributed by atoms with van der Waals surface area (Å²) in [5, 5.41) is 7.01. The molecule has 0 saturated heterocycles. The molecule has 1 atom stereocenters. The fourth-order valence-corrected chi connectivity index (χ4v) is 1.83. The lowest BCUT2D eigenvalue weighted by molar-refractivity contribution is 0.163. The summed E-state index contributed by atoms with van der Waals surface area (Å²) < 4.78 is 29.7. The summed E-state index contributed by atoms with van der Waals surface area (Å²) in [6.45, 7) is 3.94. The molecule has 0 fully saturated rings. The maximum absolute atomic E-state index is 11.3. The Labute approximate surface area is 84.4 Å². The highest BCUT2D eigenvalue weighted by atomic mass is 32.2. The number of sulfonamides is 1. The summed E-state index contributed by atoms with van der Waals surface area (Å²) in [7, 11) is -3.39. The van der Waals surface area contributed by atoms with E-state index in [0.717, 1.165) is 0 Å². The van der Waals surface area contributed by atoms with Crippen LogP contribution in [0.15, 0.2) is 0 Å². The quantitative estimate of drug-likeness (QED) is 0.300. The highest BCUT2D eigenvalue weighted by Crippen LogP contribution is 1.90. The molecule has 1 unspecified atom stereocenters. The Morgan fingerprint density at radius 3 is 2.64 bits per heavy atom. The van der Waals surface area contributed by atoms with Gasteiger partial charge >= 0.3 is 0 Å². The van der Waals surface area contributed by atoms with E-state index in [1.54, 1.807) is 6.92 Å². The van der Waals surface area contributed by atoms with Gasteiger partial charge in [0.05, 0.1) is 18.4 Å². The molecule has 84 valence electrons. The normalized spacial score (nSPS) is 13.9. The Morgan fingerprint density at radius 1 is 1.64 bits per heavy atom. The average Bonchev–Trinajstić information content (AvgIpc) is 2.03. The molecule has 14 heavy (non-hydrogen) atoms. The number of hydrogen-bond donors (Lipinski definition) is 3. The van der Waals surface area contributed by atoms with Crippen LogP contribution in [0.3, 0.4) is 0 Å². The molecule has 0 rings (SSSR count). The third-order valence-corrected chi connectivity index (χ3v) is 2.94. The summed E-state index contributed by atoms with van der Waals surface area (Å²) in [6.07, 6.45) is 0. The largest absolute Gasteiger partial charge is 0.386 e. The van der Waals surface area contributed by atoms with Crippen molar-refractivity contribution in [3.63, 3.8) is 0 Å². The second-order valence-corrected chi connectivity index (χ2v) is 4.68. The zero-order chi connectivity index (χ0) is 11.2. The molecule has 0 bridgehead atoms. The van der Waals surface area contributed by atoms with Gasteiger partial charge in [-0.15, -0.1) is 0 Å². The third kappa shape index (κ3) is 5.90. The van der Waals surface area contributed by atoms with Crippen LogP contribution in [-0.4, -0.2) is 39.3 Å². The van der Waals surface area contributed by atoms with Crippen LogP contribution in [0, 0.1) is 5.41 Å². The molecule has 6 nitrogen and oxygen atoms in total. The van der Waals surface area contributed by atoms with Crippen molar-refractivity contribution < 1.29 is 13.2 Å². The van der Waals surface area contributed by atoms with Crippen molar-refractivity contribution in [2.24, 2.45) is 5.73 Å². The molecule has 4 N–H and O–H groups in total. The van der Waals surface area contributed by atoms with E-state index in [4.69, 9.17) is 15.9 Å². The lowest BCUT2D eigenvalue weighted by atomic mass is 10.3. The Bertz CT molecular complexity index is 276. The number of ether oxygens (including phenoxy) is 1. The monoisotopic (exact) mass is 223 g/mol. The van der Waals surface area contributed by atoms with Crippen LogP contribution < -0.4 is 10.5 Å². The minimum atomic E-state index is -3.39. The number of hydrogen-bond acceptors (Lipinski definition) is 4. The Hall–Kier alpha value is -0.660. The Balaban J connectivity index is 4.01. The lowest BCUT2D eigenvalue weighted by Crippen LogP contribution is -2.43. The highest BCUT2D eigenvalue weighted by molar-refractivity contribution is 7.89. The minimum absolute atomic E-state index is 0.113. The molecule has 0 aromatic carbocycles. The van der Waals surface area contributed by atoms with Crippen molar-refractivity contribution in [1.82, 2.24) is 4.72 Å². The van der Waals surface area contributed by atoms with Gasteiger partial charge in [0.1, 0.15) is 5.84 Å². The summed E-state index contributed by atoms with van der Waals surface area (Å²) in [4.78, 5) is 0. The van der Waals surface area contributed by atoms with Crippen molar-refractivity contribution in [3.05, 3.63) is 0 Å². The van der Waals surface area contributed by atoms with Crippen LogP contribution in [-0.2, 0) is 14.8 Å². The fourth-order valence-electron chi connectivity index (χ4n) is 0.705. The first-order chi connectivity index (χ1) is 6.39. The molecule has 0 radical (unpaired) electrons. The van der Waals surface area contributed by atoms with Gasteiger partial charge < -0.3 is 10.5 Å². The standard InChI is InChI=1S/C7H17N3O3S/c1-3-13-4-5-14(11,12)10-6(2)7(8)9/h6,10H,3-5H2,1-2H3,(H3,8,9). The van der Waals surface area contributed by atoms with E-state index >= 15 is 0 Å². The fraction of sp³-hybridized carbons (Fsp3) is 0.857. The van der Waals surface area contributed by atoms with Crippen LogP contribution in [0.5, 0.6) is 0 Å². The van der Waals surface area contributed by atoms with Gasteiger partial charge in [0, 0.05) is 6.61 Å². The molecular weight excluding hydrogens is 206 g/mol. The number of rotatable bonds is 7. The van der Waals surface area contributed by atoms with Gasteiger partial charge in [0.15, 0.2) is 0 Å². The van der Waals surface area contributed by atoms with E-state index in [-0.39, 0.29) is 18.2 Å². The van der Waals surface area contributed by atoms with Crippen molar-refractivity contribution >= 4 is 15.9 Å². The number of nitrogens with one attached hydrogen (secondary N) is 2.